The number of aromatic nitrogens is 1. The van der Waals surface area contributed by atoms with Gasteiger partial charge < -0.3 is 14.8 Å². The number of nitrogens with one attached hydrogen (secondary N) is 1. The molecule has 4 aliphatic rings. The molecule has 4 nitrogen and oxygen atoms in total. The molecule has 4 bridgehead atoms. The predicted octanol–water partition coefficient (Wildman–Crippen LogP) is 2.11. The van der Waals surface area contributed by atoms with Crippen molar-refractivity contribution in [1.29, 1.82) is 0 Å². The molecular weight excluding hydrogens is 318 g/mol. The third-order valence-corrected chi connectivity index (χ3v) is 6.73. The summed E-state index contributed by atoms with van der Waals surface area (Å²) in [6, 6.07) is 6.20. The fourth-order valence-electron chi connectivity index (χ4n) is 5.26. The minimum Gasteiger partial charge on any atom is -0.359 e. The first-order chi connectivity index (χ1) is 11.7. The van der Waals surface area contributed by atoms with Gasteiger partial charge in [0.15, 0.2) is 5.11 Å². The Morgan fingerprint density at radius 2 is 2.04 bits per heavy atom. The number of piperidine rings is 1. The molecule has 3 heterocycles. The van der Waals surface area contributed by atoms with Gasteiger partial charge in [0.05, 0.1) is 0 Å². The van der Waals surface area contributed by atoms with E-state index >= 15 is 0 Å². The topological polar surface area (TPSA) is 37.3 Å². The minimum absolute atomic E-state index is 0.144. The quantitative estimate of drug-likeness (QED) is 0.627. The highest BCUT2D eigenvalue weighted by atomic mass is 32.1. The highest BCUT2D eigenvalue weighted by molar-refractivity contribution is 7.80. The highest BCUT2D eigenvalue weighted by Gasteiger charge is 2.38. The second-order valence-electron chi connectivity index (χ2n) is 7.94. The van der Waals surface area contributed by atoms with E-state index in [1.54, 1.807) is 6.07 Å². The minimum atomic E-state index is 0.144. The van der Waals surface area contributed by atoms with E-state index in [9.17, 15) is 4.79 Å². The van der Waals surface area contributed by atoms with E-state index < -0.39 is 0 Å². The molecule has 1 N–H and O–H groups in total. The van der Waals surface area contributed by atoms with Crippen LogP contribution in [0.1, 0.15) is 30.9 Å². The highest BCUT2D eigenvalue weighted by Crippen LogP contribution is 2.39. The monoisotopic (exact) mass is 341 g/mol. The van der Waals surface area contributed by atoms with Crippen LogP contribution >= 0.6 is 12.2 Å². The van der Waals surface area contributed by atoms with Crippen LogP contribution in [-0.4, -0.2) is 33.7 Å². The van der Waals surface area contributed by atoms with Crippen LogP contribution < -0.4 is 10.9 Å². The summed E-state index contributed by atoms with van der Waals surface area (Å²) in [6.45, 7) is 2.74. The van der Waals surface area contributed by atoms with E-state index in [1.807, 2.05) is 10.6 Å². The summed E-state index contributed by atoms with van der Waals surface area (Å²) in [5.74, 6) is 2.37. The van der Waals surface area contributed by atoms with Gasteiger partial charge in [-0.15, -0.1) is 0 Å². The summed E-state index contributed by atoms with van der Waals surface area (Å²) in [5, 5.41) is 4.56. The molecule has 5 heteroatoms. The molecule has 1 saturated heterocycles. The Balaban J connectivity index is 1.32. The zero-order valence-corrected chi connectivity index (χ0v) is 14.5. The molecule has 1 saturated carbocycles. The molecule has 2 fully saturated rings. The van der Waals surface area contributed by atoms with Gasteiger partial charge in [-0.3, -0.25) is 4.79 Å². The van der Waals surface area contributed by atoms with E-state index in [0.29, 0.717) is 23.8 Å². The van der Waals surface area contributed by atoms with Crippen molar-refractivity contribution >= 4 is 17.3 Å². The van der Waals surface area contributed by atoms with E-state index in [-0.39, 0.29) is 5.56 Å². The van der Waals surface area contributed by atoms with E-state index in [1.165, 1.54) is 25.0 Å². The summed E-state index contributed by atoms with van der Waals surface area (Å²) in [6.07, 6.45) is 8.43. The van der Waals surface area contributed by atoms with Crippen molar-refractivity contribution in [2.45, 2.75) is 37.8 Å². The number of likely N-dealkylation sites (tertiary alicyclic amines) is 1. The molecule has 5 rings (SSSR count). The summed E-state index contributed by atoms with van der Waals surface area (Å²) in [5.41, 5.74) is 1.33. The SMILES string of the molecule is O=c1cccc2n1C[C@H]1C[C@@H]2CN(C(=S)N[C@H]2C[C@H]3C=C[C@H]2C3)C1. The van der Waals surface area contributed by atoms with Gasteiger partial charge in [0.1, 0.15) is 0 Å². The lowest BCUT2D eigenvalue weighted by molar-refractivity contribution is 0.176. The van der Waals surface area contributed by atoms with E-state index in [2.05, 4.69) is 28.4 Å². The van der Waals surface area contributed by atoms with Gasteiger partial charge in [-0.1, -0.05) is 18.2 Å². The number of hydrogen-bond acceptors (Lipinski definition) is 2. The molecule has 0 amide bonds. The lowest BCUT2D eigenvalue weighted by Gasteiger charge is -2.44. The smallest absolute Gasteiger partial charge is 0.250 e. The van der Waals surface area contributed by atoms with Crippen molar-refractivity contribution in [3.05, 3.63) is 46.4 Å². The molecule has 5 atom stereocenters. The van der Waals surface area contributed by atoms with Crippen LogP contribution in [0.2, 0.25) is 0 Å². The predicted molar refractivity (Wildman–Crippen MR) is 98.0 cm³/mol. The third kappa shape index (κ3) is 2.32. The van der Waals surface area contributed by atoms with Crippen molar-refractivity contribution in [2.24, 2.45) is 17.8 Å². The molecule has 0 aromatic carbocycles. The number of pyridine rings is 1. The Morgan fingerprint density at radius 3 is 2.83 bits per heavy atom. The molecule has 24 heavy (non-hydrogen) atoms. The Hall–Kier alpha value is -1.62. The van der Waals surface area contributed by atoms with E-state index in [0.717, 1.165) is 30.7 Å². The Labute approximate surface area is 147 Å². The average Bonchev–Trinajstić information content (AvgIpc) is 3.18. The van der Waals surface area contributed by atoms with Crippen LogP contribution in [-0.2, 0) is 6.54 Å². The molecule has 0 unspecified atom stereocenters. The molecule has 2 aliphatic carbocycles. The van der Waals surface area contributed by atoms with Gasteiger partial charge in [0.2, 0.25) is 0 Å². The molecule has 1 aromatic heterocycles. The normalized spacial score (nSPS) is 35.8. The fraction of sp³-hybridized carbons (Fsp3) is 0.579. The average molecular weight is 341 g/mol. The van der Waals surface area contributed by atoms with Crippen molar-refractivity contribution < 1.29 is 0 Å². The largest absolute Gasteiger partial charge is 0.359 e. The van der Waals surface area contributed by atoms with Gasteiger partial charge in [0.25, 0.3) is 5.56 Å². The number of hydrogen-bond donors (Lipinski definition) is 1. The van der Waals surface area contributed by atoms with Crippen molar-refractivity contribution in [3.63, 3.8) is 0 Å². The fourth-order valence-corrected chi connectivity index (χ4v) is 5.56. The first-order valence-electron chi connectivity index (χ1n) is 9.11. The zero-order chi connectivity index (χ0) is 16.3. The van der Waals surface area contributed by atoms with Crippen LogP contribution in [0.25, 0.3) is 0 Å². The second kappa shape index (κ2) is 5.45. The summed E-state index contributed by atoms with van der Waals surface area (Å²) in [4.78, 5) is 14.5. The van der Waals surface area contributed by atoms with Crippen LogP contribution in [0, 0.1) is 17.8 Å². The summed E-state index contributed by atoms with van der Waals surface area (Å²) < 4.78 is 1.98. The number of allylic oxidation sites excluding steroid dienone is 1. The van der Waals surface area contributed by atoms with Gasteiger partial charge in [-0.2, -0.15) is 0 Å². The maximum absolute atomic E-state index is 12.1. The maximum Gasteiger partial charge on any atom is 0.250 e. The zero-order valence-electron chi connectivity index (χ0n) is 13.7. The van der Waals surface area contributed by atoms with Gasteiger partial charge in [-0.05, 0) is 55.3 Å². The standard InChI is InChI=1S/C19H23N3OS/c23-18-3-1-2-17-15-7-13(10-22(17)18)9-21(11-15)19(24)20-16-8-12-4-5-14(16)6-12/h1-5,12-16H,6-11H2,(H,20,24)/t12-,13-,14-,15+,16-/m0/s1. The molecule has 0 spiro atoms. The molecule has 0 radical (unpaired) electrons. The Bertz CT molecular complexity index is 770. The number of nitrogens with zero attached hydrogens (tertiary/aromatic N) is 2. The molecule has 2 aliphatic heterocycles. The Kier molecular flexibility index (Phi) is 3.34. The van der Waals surface area contributed by atoms with E-state index in [4.69, 9.17) is 12.2 Å². The summed E-state index contributed by atoms with van der Waals surface area (Å²) >= 11 is 5.75. The molecule has 1 aromatic rings. The lowest BCUT2D eigenvalue weighted by atomic mass is 9.83. The Morgan fingerprint density at radius 1 is 1.12 bits per heavy atom. The van der Waals surface area contributed by atoms with Crippen molar-refractivity contribution in [3.8, 4) is 0 Å². The molecular formula is C19H23N3OS. The third-order valence-electron chi connectivity index (χ3n) is 6.35. The van der Waals surface area contributed by atoms with Gasteiger partial charge in [0, 0.05) is 43.4 Å². The van der Waals surface area contributed by atoms with Crippen LogP contribution in [0.5, 0.6) is 0 Å². The number of rotatable bonds is 1. The van der Waals surface area contributed by atoms with Crippen molar-refractivity contribution in [1.82, 2.24) is 14.8 Å². The lowest BCUT2D eigenvalue weighted by Crippen LogP contribution is -2.53. The summed E-state index contributed by atoms with van der Waals surface area (Å²) in [7, 11) is 0. The van der Waals surface area contributed by atoms with Crippen molar-refractivity contribution in [2.75, 3.05) is 13.1 Å². The van der Waals surface area contributed by atoms with Gasteiger partial charge >= 0.3 is 0 Å². The van der Waals surface area contributed by atoms with Crippen LogP contribution in [0.15, 0.2) is 35.1 Å². The van der Waals surface area contributed by atoms with Crippen LogP contribution in [0.3, 0.4) is 0 Å². The number of thiocarbonyl (C=S) groups is 1. The first kappa shape index (κ1) is 14.7. The maximum atomic E-state index is 12.1. The molecule has 126 valence electrons. The second-order valence-corrected chi connectivity index (χ2v) is 8.33. The number of fused-ring (bicyclic) bond motifs is 6. The van der Waals surface area contributed by atoms with Crippen LogP contribution in [0.4, 0.5) is 0 Å². The first-order valence-corrected chi connectivity index (χ1v) is 9.51. The van der Waals surface area contributed by atoms with Gasteiger partial charge in [-0.25, -0.2) is 0 Å².